The van der Waals surface area contributed by atoms with Crippen LogP contribution in [0.15, 0.2) is 46.9 Å². The lowest BCUT2D eigenvalue weighted by molar-refractivity contribution is 0.227. The van der Waals surface area contributed by atoms with Crippen LogP contribution in [0, 0.1) is 6.92 Å². The highest BCUT2D eigenvalue weighted by Gasteiger charge is 2.22. The molecule has 1 aliphatic rings. The minimum atomic E-state index is 0.245. The first-order chi connectivity index (χ1) is 9.72. The first-order valence-corrected chi connectivity index (χ1v) is 7.72. The van der Waals surface area contributed by atoms with Crippen molar-refractivity contribution in [1.82, 2.24) is 5.32 Å². The Bertz CT molecular complexity index is 612. The molecule has 0 radical (unpaired) electrons. The number of aryl methyl sites for hydroxylation is 1. The summed E-state index contributed by atoms with van der Waals surface area (Å²) < 4.78 is 7.11. The van der Waals surface area contributed by atoms with Crippen molar-refractivity contribution in [2.45, 2.75) is 26.0 Å². The van der Waals surface area contributed by atoms with Crippen molar-refractivity contribution in [2.75, 3.05) is 6.54 Å². The van der Waals surface area contributed by atoms with Gasteiger partial charge in [-0.2, -0.15) is 0 Å². The second kappa shape index (κ2) is 5.98. The van der Waals surface area contributed by atoms with Crippen LogP contribution in [-0.2, 0) is 13.0 Å². The van der Waals surface area contributed by atoms with Crippen LogP contribution in [0.25, 0.3) is 0 Å². The van der Waals surface area contributed by atoms with Gasteiger partial charge in [0.2, 0.25) is 0 Å². The molecular weight excluding hydrogens is 314 g/mol. The lowest BCUT2D eigenvalue weighted by Gasteiger charge is -2.12. The van der Waals surface area contributed by atoms with E-state index in [1.807, 2.05) is 6.07 Å². The van der Waals surface area contributed by atoms with Gasteiger partial charge in [0.25, 0.3) is 0 Å². The number of fused-ring (bicyclic) bond motifs is 1. The Hall–Kier alpha value is -1.32. The molecule has 0 bridgehead atoms. The van der Waals surface area contributed by atoms with Gasteiger partial charge in [0.1, 0.15) is 11.9 Å². The van der Waals surface area contributed by atoms with Gasteiger partial charge in [0, 0.05) is 24.0 Å². The minimum absolute atomic E-state index is 0.245. The smallest absolute Gasteiger partial charge is 0.123 e. The van der Waals surface area contributed by atoms with Crippen molar-refractivity contribution in [3.05, 3.63) is 63.6 Å². The molecule has 3 rings (SSSR count). The summed E-state index contributed by atoms with van der Waals surface area (Å²) >= 11 is 3.57. The number of rotatable bonds is 4. The maximum atomic E-state index is 5.96. The van der Waals surface area contributed by atoms with Crippen molar-refractivity contribution in [3.63, 3.8) is 0 Å². The van der Waals surface area contributed by atoms with Crippen LogP contribution in [0.4, 0.5) is 0 Å². The van der Waals surface area contributed by atoms with E-state index in [0.717, 1.165) is 29.7 Å². The van der Waals surface area contributed by atoms with E-state index in [0.29, 0.717) is 0 Å². The van der Waals surface area contributed by atoms with Gasteiger partial charge in [-0.3, -0.25) is 0 Å². The van der Waals surface area contributed by atoms with Gasteiger partial charge in [-0.05, 0) is 30.2 Å². The summed E-state index contributed by atoms with van der Waals surface area (Å²) in [5.74, 6) is 1.04. The van der Waals surface area contributed by atoms with Crippen molar-refractivity contribution in [3.8, 4) is 5.75 Å². The monoisotopic (exact) mass is 331 g/mol. The summed E-state index contributed by atoms with van der Waals surface area (Å²) in [5.41, 5.74) is 3.91. The Balaban J connectivity index is 1.53. The zero-order valence-corrected chi connectivity index (χ0v) is 13.1. The average Bonchev–Trinajstić information content (AvgIpc) is 2.83. The molecule has 2 aromatic carbocycles. The quantitative estimate of drug-likeness (QED) is 0.918. The Morgan fingerprint density at radius 2 is 2.10 bits per heavy atom. The van der Waals surface area contributed by atoms with Crippen LogP contribution < -0.4 is 10.1 Å². The molecule has 0 aromatic heterocycles. The highest BCUT2D eigenvalue weighted by molar-refractivity contribution is 9.10. The van der Waals surface area contributed by atoms with Crippen molar-refractivity contribution in [2.24, 2.45) is 0 Å². The maximum Gasteiger partial charge on any atom is 0.123 e. The third kappa shape index (κ3) is 3.05. The molecule has 1 atom stereocenters. The molecule has 1 heterocycles. The molecule has 2 nitrogen and oxygen atoms in total. The highest BCUT2D eigenvalue weighted by atomic mass is 79.9. The van der Waals surface area contributed by atoms with Gasteiger partial charge in [-0.25, -0.2) is 0 Å². The maximum absolute atomic E-state index is 5.96. The second-order valence-corrected chi connectivity index (χ2v) is 6.13. The van der Waals surface area contributed by atoms with Gasteiger partial charge in [-0.1, -0.05) is 51.8 Å². The van der Waals surface area contributed by atoms with Gasteiger partial charge >= 0.3 is 0 Å². The van der Waals surface area contributed by atoms with E-state index in [-0.39, 0.29) is 6.10 Å². The van der Waals surface area contributed by atoms with Gasteiger partial charge in [0.05, 0.1) is 0 Å². The number of benzene rings is 2. The van der Waals surface area contributed by atoms with E-state index < -0.39 is 0 Å². The lowest BCUT2D eigenvalue weighted by Crippen LogP contribution is -2.29. The zero-order valence-electron chi connectivity index (χ0n) is 11.5. The van der Waals surface area contributed by atoms with Crippen LogP contribution in [0.3, 0.4) is 0 Å². The molecule has 0 saturated carbocycles. The Labute approximate surface area is 128 Å². The van der Waals surface area contributed by atoms with Crippen LogP contribution in [0.1, 0.15) is 16.7 Å². The number of hydrogen-bond acceptors (Lipinski definition) is 2. The van der Waals surface area contributed by atoms with E-state index in [2.05, 4.69) is 64.6 Å². The van der Waals surface area contributed by atoms with Crippen LogP contribution in [0.5, 0.6) is 5.75 Å². The van der Waals surface area contributed by atoms with Gasteiger partial charge in [0.15, 0.2) is 0 Å². The molecule has 1 aliphatic heterocycles. The fraction of sp³-hybridized carbons (Fsp3) is 0.294. The Morgan fingerprint density at radius 1 is 1.25 bits per heavy atom. The molecule has 20 heavy (non-hydrogen) atoms. The summed E-state index contributed by atoms with van der Waals surface area (Å²) in [5, 5.41) is 3.48. The number of ether oxygens (including phenoxy) is 1. The molecule has 1 unspecified atom stereocenters. The SMILES string of the molecule is Cc1ccc2c(c1)CC(CNCc1ccccc1Br)O2. The average molecular weight is 332 g/mol. The van der Waals surface area contributed by atoms with E-state index in [4.69, 9.17) is 4.74 Å². The standard InChI is InChI=1S/C17H18BrNO/c1-12-6-7-17-14(8-12)9-15(20-17)11-19-10-13-4-2-3-5-16(13)18/h2-8,15,19H,9-11H2,1H3. The topological polar surface area (TPSA) is 21.3 Å². The molecule has 1 N–H and O–H groups in total. The number of hydrogen-bond donors (Lipinski definition) is 1. The molecule has 104 valence electrons. The first-order valence-electron chi connectivity index (χ1n) is 6.92. The van der Waals surface area contributed by atoms with Crippen LogP contribution in [0.2, 0.25) is 0 Å². The highest BCUT2D eigenvalue weighted by Crippen LogP contribution is 2.29. The molecular formula is C17H18BrNO. The number of nitrogens with one attached hydrogen (secondary N) is 1. The van der Waals surface area contributed by atoms with E-state index >= 15 is 0 Å². The summed E-state index contributed by atoms with van der Waals surface area (Å²) in [6, 6.07) is 14.7. The lowest BCUT2D eigenvalue weighted by atomic mass is 10.1. The molecule has 3 heteroatoms. The molecule has 0 aliphatic carbocycles. The Kier molecular flexibility index (Phi) is 4.08. The fourth-order valence-corrected chi connectivity index (χ4v) is 3.00. The summed E-state index contributed by atoms with van der Waals surface area (Å²) in [4.78, 5) is 0. The summed E-state index contributed by atoms with van der Waals surface area (Å²) in [6.07, 6.45) is 1.24. The van der Waals surface area contributed by atoms with Crippen molar-refractivity contribution in [1.29, 1.82) is 0 Å². The minimum Gasteiger partial charge on any atom is -0.488 e. The fourth-order valence-electron chi connectivity index (χ4n) is 2.57. The van der Waals surface area contributed by atoms with Crippen molar-refractivity contribution < 1.29 is 4.74 Å². The third-order valence-corrected chi connectivity index (χ3v) is 4.38. The van der Waals surface area contributed by atoms with E-state index in [1.165, 1.54) is 16.7 Å². The molecule has 0 spiro atoms. The second-order valence-electron chi connectivity index (χ2n) is 5.28. The molecule has 0 saturated heterocycles. The van der Waals surface area contributed by atoms with Gasteiger partial charge in [-0.15, -0.1) is 0 Å². The van der Waals surface area contributed by atoms with Crippen molar-refractivity contribution >= 4 is 15.9 Å². The molecule has 0 fully saturated rings. The predicted octanol–water partition coefficient (Wildman–Crippen LogP) is 3.85. The van der Waals surface area contributed by atoms with E-state index in [9.17, 15) is 0 Å². The van der Waals surface area contributed by atoms with Gasteiger partial charge < -0.3 is 10.1 Å². The molecule has 2 aromatic rings. The Morgan fingerprint density at radius 3 is 2.95 bits per heavy atom. The zero-order chi connectivity index (χ0) is 13.9. The molecule has 0 amide bonds. The van der Waals surface area contributed by atoms with E-state index in [1.54, 1.807) is 0 Å². The summed E-state index contributed by atoms with van der Waals surface area (Å²) in [7, 11) is 0. The summed E-state index contributed by atoms with van der Waals surface area (Å²) in [6.45, 7) is 3.85. The number of halogens is 1. The third-order valence-electron chi connectivity index (χ3n) is 3.60. The largest absolute Gasteiger partial charge is 0.488 e. The van der Waals surface area contributed by atoms with Crippen LogP contribution >= 0.6 is 15.9 Å². The normalized spacial score (nSPS) is 16.8. The predicted molar refractivity (Wildman–Crippen MR) is 85.1 cm³/mol. The van der Waals surface area contributed by atoms with Crippen LogP contribution in [-0.4, -0.2) is 12.6 Å². The first kappa shape index (κ1) is 13.7.